The normalized spacial score (nSPS) is 23.8. The summed E-state index contributed by atoms with van der Waals surface area (Å²) in [7, 11) is -3.37. The minimum absolute atomic E-state index is 0.0866. The summed E-state index contributed by atoms with van der Waals surface area (Å²) >= 11 is 1.02. The molecule has 0 spiro atoms. The number of nitrogens with one attached hydrogen (secondary N) is 1. The Morgan fingerprint density at radius 3 is 2.56 bits per heavy atom. The standard InChI is InChI=1S/C19H22F3N3O5S2/c1-18(2,3)30-17(27)23-8-15(26)24-16-25(13-9-32(28,29)10-14(13)31-16)12-6-4-5-11(7-12)19(20,21)22/h4-7,13-14H,8-10H2,1-3H3,(H,23,27)/t13-,14-/m0/s1. The molecule has 2 aliphatic rings. The molecule has 1 N–H and O–H groups in total. The number of thioether (sulfide) groups is 1. The maximum atomic E-state index is 13.2. The number of sulfone groups is 1. The van der Waals surface area contributed by atoms with Gasteiger partial charge < -0.3 is 15.0 Å². The minimum Gasteiger partial charge on any atom is -0.444 e. The van der Waals surface area contributed by atoms with Crippen LogP contribution in [0.25, 0.3) is 0 Å². The van der Waals surface area contributed by atoms with Gasteiger partial charge in [-0.2, -0.15) is 18.2 Å². The van der Waals surface area contributed by atoms with Crippen LogP contribution in [0.5, 0.6) is 0 Å². The predicted octanol–water partition coefficient (Wildman–Crippen LogP) is 2.83. The molecule has 13 heteroatoms. The predicted molar refractivity (Wildman–Crippen MR) is 114 cm³/mol. The maximum absolute atomic E-state index is 13.2. The zero-order valence-electron chi connectivity index (χ0n) is 17.5. The van der Waals surface area contributed by atoms with Gasteiger partial charge in [0.1, 0.15) is 12.1 Å². The van der Waals surface area contributed by atoms with E-state index in [1.807, 2.05) is 0 Å². The van der Waals surface area contributed by atoms with Gasteiger partial charge in [0.05, 0.1) is 23.1 Å². The molecule has 32 heavy (non-hydrogen) atoms. The van der Waals surface area contributed by atoms with Crippen LogP contribution in [-0.2, 0) is 25.5 Å². The first-order chi connectivity index (χ1) is 14.6. The van der Waals surface area contributed by atoms with Crippen LogP contribution in [-0.4, -0.2) is 60.5 Å². The van der Waals surface area contributed by atoms with E-state index in [9.17, 15) is 31.2 Å². The largest absolute Gasteiger partial charge is 0.444 e. The lowest BCUT2D eigenvalue weighted by Crippen LogP contribution is -2.38. The van der Waals surface area contributed by atoms with Crippen LogP contribution in [0.4, 0.5) is 23.7 Å². The molecule has 0 saturated carbocycles. The van der Waals surface area contributed by atoms with E-state index in [2.05, 4.69) is 10.3 Å². The number of alkyl carbamates (subject to hydrolysis) is 1. The van der Waals surface area contributed by atoms with Gasteiger partial charge in [0.25, 0.3) is 5.91 Å². The van der Waals surface area contributed by atoms with Crippen molar-refractivity contribution >= 4 is 44.5 Å². The van der Waals surface area contributed by atoms with E-state index in [1.54, 1.807) is 20.8 Å². The number of alkyl halides is 3. The van der Waals surface area contributed by atoms with Crippen LogP contribution < -0.4 is 10.2 Å². The van der Waals surface area contributed by atoms with Gasteiger partial charge in [-0.15, -0.1) is 0 Å². The highest BCUT2D eigenvalue weighted by Crippen LogP contribution is 2.42. The number of amidine groups is 1. The van der Waals surface area contributed by atoms with Crippen LogP contribution in [0, 0.1) is 0 Å². The summed E-state index contributed by atoms with van der Waals surface area (Å²) in [6, 6.07) is 3.76. The van der Waals surface area contributed by atoms with Crippen molar-refractivity contribution in [3.8, 4) is 0 Å². The number of anilines is 1. The van der Waals surface area contributed by atoms with E-state index < -0.39 is 57.0 Å². The Morgan fingerprint density at radius 1 is 1.25 bits per heavy atom. The third-order valence-corrected chi connectivity index (χ3v) is 7.73. The summed E-state index contributed by atoms with van der Waals surface area (Å²) < 4.78 is 68.8. The monoisotopic (exact) mass is 493 g/mol. The fourth-order valence-corrected chi connectivity index (χ4v) is 7.24. The van der Waals surface area contributed by atoms with Crippen molar-refractivity contribution in [2.24, 2.45) is 4.99 Å². The molecule has 1 aromatic rings. The summed E-state index contributed by atoms with van der Waals surface area (Å²) in [5, 5.41) is 1.89. The number of halogens is 3. The quantitative estimate of drug-likeness (QED) is 0.690. The van der Waals surface area contributed by atoms with Gasteiger partial charge in [-0.3, -0.25) is 4.79 Å². The van der Waals surface area contributed by atoms with E-state index >= 15 is 0 Å². The molecule has 0 aliphatic carbocycles. The average Bonchev–Trinajstić information content (AvgIpc) is 3.08. The third kappa shape index (κ3) is 5.94. The number of carbonyl (C=O) groups excluding carboxylic acids is 2. The molecule has 0 radical (unpaired) electrons. The second kappa shape index (κ2) is 8.58. The molecule has 0 aromatic heterocycles. The molecule has 176 valence electrons. The summed E-state index contributed by atoms with van der Waals surface area (Å²) in [4.78, 5) is 29.4. The van der Waals surface area contributed by atoms with Crippen molar-refractivity contribution in [3.63, 3.8) is 0 Å². The highest BCUT2D eigenvalue weighted by Gasteiger charge is 2.49. The summed E-state index contributed by atoms with van der Waals surface area (Å²) in [5.74, 6) is -1.18. The molecule has 2 amide bonds. The van der Waals surface area contributed by atoms with Crippen molar-refractivity contribution in [1.29, 1.82) is 0 Å². The fraction of sp³-hybridized carbons (Fsp3) is 0.526. The molecule has 2 saturated heterocycles. The first kappa shape index (κ1) is 24.4. The van der Waals surface area contributed by atoms with Crippen LogP contribution in [0.1, 0.15) is 26.3 Å². The Bertz CT molecular complexity index is 1050. The second-order valence-electron chi connectivity index (χ2n) is 8.36. The van der Waals surface area contributed by atoms with Gasteiger partial charge in [-0.05, 0) is 39.0 Å². The van der Waals surface area contributed by atoms with Crippen molar-refractivity contribution in [3.05, 3.63) is 29.8 Å². The number of fused-ring (bicyclic) bond motifs is 1. The number of carbonyl (C=O) groups is 2. The summed E-state index contributed by atoms with van der Waals surface area (Å²) in [6.45, 7) is 4.49. The van der Waals surface area contributed by atoms with E-state index in [-0.39, 0.29) is 22.4 Å². The summed E-state index contributed by atoms with van der Waals surface area (Å²) in [5.41, 5.74) is -1.58. The van der Waals surface area contributed by atoms with E-state index in [1.165, 1.54) is 17.0 Å². The van der Waals surface area contributed by atoms with E-state index in [0.717, 1.165) is 23.9 Å². The van der Waals surface area contributed by atoms with Crippen molar-refractivity contribution in [1.82, 2.24) is 5.32 Å². The smallest absolute Gasteiger partial charge is 0.416 e. The molecule has 8 nitrogen and oxygen atoms in total. The Hall–Kier alpha value is -2.28. The maximum Gasteiger partial charge on any atom is 0.416 e. The number of aliphatic imine (C=N–C) groups is 1. The lowest BCUT2D eigenvalue weighted by Gasteiger charge is -2.25. The summed E-state index contributed by atoms with van der Waals surface area (Å²) in [6.07, 6.45) is -5.41. The van der Waals surface area contributed by atoms with Gasteiger partial charge in [-0.25, -0.2) is 13.2 Å². The molecular weight excluding hydrogens is 471 g/mol. The fourth-order valence-electron chi connectivity index (χ4n) is 3.31. The van der Waals surface area contributed by atoms with Crippen LogP contribution in [0.2, 0.25) is 0 Å². The number of rotatable bonds is 3. The molecule has 2 aliphatic heterocycles. The molecule has 2 fully saturated rings. The van der Waals surface area contributed by atoms with Crippen LogP contribution >= 0.6 is 11.8 Å². The number of benzene rings is 1. The van der Waals surface area contributed by atoms with Gasteiger partial charge in [0.2, 0.25) is 0 Å². The molecule has 2 atom stereocenters. The minimum atomic E-state index is -4.59. The number of hydrogen-bond acceptors (Lipinski definition) is 6. The zero-order chi connectivity index (χ0) is 23.9. The molecule has 2 heterocycles. The Labute approximate surface area is 187 Å². The van der Waals surface area contributed by atoms with E-state index in [0.29, 0.717) is 0 Å². The lowest BCUT2D eigenvalue weighted by molar-refractivity contribution is -0.137. The Morgan fingerprint density at radius 2 is 1.94 bits per heavy atom. The van der Waals surface area contributed by atoms with Gasteiger partial charge in [0, 0.05) is 10.9 Å². The molecule has 0 unspecified atom stereocenters. The van der Waals surface area contributed by atoms with Crippen molar-refractivity contribution in [2.75, 3.05) is 23.0 Å². The highest BCUT2D eigenvalue weighted by molar-refractivity contribution is 8.16. The zero-order valence-corrected chi connectivity index (χ0v) is 19.1. The number of amides is 2. The van der Waals surface area contributed by atoms with Crippen molar-refractivity contribution < 1.29 is 35.9 Å². The molecule has 0 bridgehead atoms. The lowest BCUT2D eigenvalue weighted by atomic mass is 10.1. The Kier molecular flexibility index (Phi) is 6.53. The van der Waals surface area contributed by atoms with Gasteiger partial charge in [0.15, 0.2) is 15.0 Å². The number of hydrogen-bond donors (Lipinski definition) is 1. The van der Waals surface area contributed by atoms with Crippen LogP contribution in [0.15, 0.2) is 29.3 Å². The Balaban J connectivity index is 1.85. The van der Waals surface area contributed by atoms with E-state index in [4.69, 9.17) is 4.74 Å². The number of ether oxygens (including phenoxy) is 1. The highest BCUT2D eigenvalue weighted by atomic mass is 32.2. The first-order valence-electron chi connectivity index (χ1n) is 9.56. The first-order valence-corrected chi connectivity index (χ1v) is 12.3. The topological polar surface area (TPSA) is 105 Å². The van der Waals surface area contributed by atoms with Gasteiger partial charge >= 0.3 is 12.3 Å². The van der Waals surface area contributed by atoms with Crippen LogP contribution in [0.3, 0.4) is 0 Å². The third-order valence-electron chi connectivity index (χ3n) is 4.52. The SMILES string of the molecule is CC(C)(C)OC(=O)NCC(=O)N=C1S[C@H]2CS(=O)(=O)C[C@@H]2N1c1cccc(C(F)(F)F)c1. The molecule has 3 rings (SSSR count). The van der Waals surface area contributed by atoms with Gasteiger partial charge in [-0.1, -0.05) is 17.8 Å². The number of nitrogens with zero attached hydrogens (tertiary/aromatic N) is 2. The second-order valence-corrected chi connectivity index (χ2v) is 11.7. The van der Waals surface area contributed by atoms with Crippen molar-refractivity contribution in [2.45, 2.75) is 43.8 Å². The average molecular weight is 494 g/mol. The molecular formula is C19H22F3N3O5S2. The molecule has 1 aromatic carbocycles.